The van der Waals surface area contributed by atoms with E-state index in [1.54, 1.807) is 4.90 Å². The summed E-state index contributed by atoms with van der Waals surface area (Å²) in [5, 5.41) is 6.13. The van der Waals surface area contributed by atoms with E-state index in [4.69, 9.17) is 0 Å². The molecule has 34 heavy (non-hydrogen) atoms. The van der Waals surface area contributed by atoms with Crippen LogP contribution in [-0.2, 0) is 17.9 Å². The first kappa shape index (κ1) is 24.3. The van der Waals surface area contributed by atoms with Crippen molar-refractivity contribution in [1.29, 1.82) is 0 Å². The minimum absolute atomic E-state index is 0.0365. The van der Waals surface area contributed by atoms with Gasteiger partial charge in [0.05, 0.1) is 5.92 Å². The second kappa shape index (κ2) is 11.5. The number of nitrogens with zero attached hydrogens (tertiary/aromatic N) is 2. The van der Waals surface area contributed by atoms with E-state index >= 15 is 0 Å². The zero-order valence-corrected chi connectivity index (χ0v) is 20.6. The van der Waals surface area contributed by atoms with Crippen LogP contribution in [0.2, 0.25) is 0 Å². The molecule has 0 bridgehead atoms. The first-order valence-electron chi connectivity index (χ1n) is 12.7. The predicted octanol–water partition coefficient (Wildman–Crippen LogP) is 4.79. The fourth-order valence-corrected chi connectivity index (χ4v) is 5.18. The molecule has 0 radical (unpaired) electrons. The number of hydrogen-bond donors (Lipinski definition) is 2. The Morgan fingerprint density at radius 2 is 1.76 bits per heavy atom. The van der Waals surface area contributed by atoms with Gasteiger partial charge in [-0.2, -0.15) is 0 Å². The molecule has 2 atom stereocenters. The summed E-state index contributed by atoms with van der Waals surface area (Å²) in [6.45, 7) is 9.22. The van der Waals surface area contributed by atoms with E-state index in [0.717, 1.165) is 49.6 Å². The highest BCUT2D eigenvalue weighted by Gasteiger charge is 2.28. The number of aryl methyl sites for hydroxylation is 1. The molecule has 182 valence electrons. The van der Waals surface area contributed by atoms with Crippen LogP contribution in [0.1, 0.15) is 49.3 Å². The van der Waals surface area contributed by atoms with Crippen molar-refractivity contribution in [3.63, 3.8) is 0 Å². The van der Waals surface area contributed by atoms with E-state index in [9.17, 15) is 9.59 Å². The lowest BCUT2D eigenvalue weighted by Gasteiger charge is -2.32. The quantitative estimate of drug-likeness (QED) is 0.649. The molecule has 0 aliphatic carbocycles. The molecule has 0 spiro atoms. The van der Waals surface area contributed by atoms with Crippen molar-refractivity contribution in [2.75, 3.05) is 31.5 Å². The lowest BCUT2D eigenvalue weighted by atomic mass is 9.97. The number of anilines is 1. The number of piperidine rings is 2. The molecule has 2 aromatic carbocycles. The molecule has 6 nitrogen and oxygen atoms in total. The maximum Gasteiger partial charge on any atom is 0.321 e. The van der Waals surface area contributed by atoms with E-state index in [1.165, 1.54) is 24.0 Å². The standard InChI is InChI=1S/C28H38N4O2/c1-21-8-5-13-26(16-21)30-28(34)32-15-7-12-25(20-32)27(33)29-17-23-10-3-4-11-24(23)19-31-14-6-9-22(2)18-31/h3-5,8,10-11,13,16,22,25H,6-7,9,12,14-15,17-20H2,1-2H3,(H,29,33)(H,30,34). The number of urea groups is 1. The van der Waals surface area contributed by atoms with Crippen molar-refractivity contribution >= 4 is 17.6 Å². The third-order valence-corrected chi connectivity index (χ3v) is 7.06. The van der Waals surface area contributed by atoms with E-state index < -0.39 is 0 Å². The minimum Gasteiger partial charge on any atom is -0.352 e. The lowest BCUT2D eigenvalue weighted by molar-refractivity contribution is -0.126. The number of carbonyl (C=O) groups excluding carboxylic acids is 2. The number of likely N-dealkylation sites (tertiary alicyclic amines) is 2. The molecule has 2 N–H and O–H groups in total. The van der Waals surface area contributed by atoms with Gasteiger partial charge in [0.15, 0.2) is 0 Å². The Kier molecular flexibility index (Phi) is 8.22. The summed E-state index contributed by atoms with van der Waals surface area (Å²) in [7, 11) is 0. The van der Waals surface area contributed by atoms with Crippen molar-refractivity contribution in [2.45, 2.75) is 52.6 Å². The van der Waals surface area contributed by atoms with Crippen LogP contribution in [0.3, 0.4) is 0 Å². The average Bonchev–Trinajstić information content (AvgIpc) is 2.83. The van der Waals surface area contributed by atoms with E-state index in [0.29, 0.717) is 19.6 Å². The first-order valence-corrected chi connectivity index (χ1v) is 12.7. The smallest absolute Gasteiger partial charge is 0.321 e. The molecule has 2 aromatic rings. The Labute approximate surface area is 203 Å². The second-order valence-corrected chi connectivity index (χ2v) is 10.1. The maximum absolute atomic E-state index is 13.0. The van der Waals surface area contributed by atoms with Gasteiger partial charge >= 0.3 is 6.03 Å². The van der Waals surface area contributed by atoms with Crippen LogP contribution < -0.4 is 10.6 Å². The highest BCUT2D eigenvalue weighted by Crippen LogP contribution is 2.21. The van der Waals surface area contributed by atoms with Gasteiger partial charge in [0.2, 0.25) is 5.91 Å². The van der Waals surface area contributed by atoms with Gasteiger partial charge < -0.3 is 15.5 Å². The molecule has 2 heterocycles. The molecule has 2 fully saturated rings. The Hall–Kier alpha value is -2.86. The third kappa shape index (κ3) is 6.60. The maximum atomic E-state index is 13.0. The Bertz CT molecular complexity index is 992. The first-order chi connectivity index (χ1) is 16.5. The molecule has 0 saturated carbocycles. The number of carbonyl (C=O) groups is 2. The summed E-state index contributed by atoms with van der Waals surface area (Å²) in [5.41, 5.74) is 4.36. The Balaban J connectivity index is 1.30. The molecule has 2 unspecified atom stereocenters. The van der Waals surface area contributed by atoms with Crippen LogP contribution in [0.25, 0.3) is 0 Å². The summed E-state index contributed by atoms with van der Waals surface area (Å²) in [4.78, 5) is 30.1. The molecule has 6 heteroatoms. The molecule has 0 aromatic heterocycles. The van der Waals surface area contributed by atoms with E-state index in [1.807, 2.05) is 37.3 Å². The van der Waals surface area contributed by atoms with Crippen LogP contribution in [0.15, 0.2) is 48.5 Å². The van der Waals surface area contributed by atoms with Crippen LogP contribution in [0.5, 0.6) is 0 Å². The number of hydrogen-bond acceptors (Lipinski definition) is 3. The van der Waals surface area contributed by atoms with Gasteiger partial charge in [-0.15, -0.1) is 0 Å². The van der Waals surface area contributed by atoms with E-state index in [2.05, 4.69) is 40.7 Å². The van der Waals surface area contributed by atoms with Gasteiger partial charge in [0.1, 0.15) is 0 Å². The highest BCUT2D eigenvalue weighted by atomic mass is 16.2. The zero-order chi connectivity index (χ0) is 23.9. The van der Waals surface area contributed by atoms with Gasteiger partial charge in [-0.3, -0.25) is 9.69 Å². The van der Waals surface area contributed by atoms with Crippen LogP contribution in [0, 0.1) is 18.8 Å². The third-order valence-electron chi connectivity index (χ3n) is 7.06. The van der Waals surface area contributed by atoms with E-state index in [-0.39, 0.29) is 17.9 Å². The number of rotatable bonds is 6. The number of amides is 3. The number of nitrogens with one attached hydrogen (secondary N) is 2. The molecular weight excluding hydrogens is 424 g/mol. The van der Waals surface area contributed by atoms with Crippen molar-refractivity contribution in [1.82, 2.24) is 15.1 Å². The Morgan fingerprint density at radius 1 is 0.971 bits per heavy atom. The van der Waals surface area contributed by atoms with Crippen LogP contribution in [-0.4, -0.2) is 47.9 Å². The second-order valence-electron chi connectivity index (χ2n) is 10.1. The highest BCUT2D eigenvalue weighted by molar-refractivity contribution is 5.90. The molecular formula is C28H38N4O2. The predicted molar refractivity (Wildman–Crippen MR) is 136 cm³/mol. The van der Waals surface area contributed by atoms with Gasteiger partial charge in [-0.25, -0.2) is 4.79 Å². The fourth-order valence-electron chi connectivity index (χ4n) is 5.18. The Morgan fingerprint density at radius 3 is 2.56 bits per heavy atom. The molecule has 3 amide bonds. The molecule has 2 aliphatic rings. The summed E-state index contributed by atoms with van der Waals surface area (Å²) < 4.78 is 0. The number of benzene rings is 2. The normalized spacial score (nSPS) is 21.2. The van der Waals surface area contributed by atoms with Crippen LogP contribution >= 0.6 is 0 Å². The van der Waals surface area contributed by atoms with Crippen LogP contribution in [0.4, 0.5) is 10.5 Å². The summed E-state index contributed by atoms with van der Waals surface area (Å²) in [5.74, 6) is 0.611. The van der Waals surface area contributed by atoms with Gasteiger partial charge in [-0.05, 0) is 73.9 Å². The summed E-state index contributed by atoms with van der Waals surface area (Å²) in [6.07, 6.45) is 4.22. The molecule has 2 aliphatic heterocycles. The summed E-state index contributed by atoms with van der Waals surface area (Å²) >= 11 is 0. The lowest BCUT2D eigenvalue weighted by Crippen LogP contribution is -2.46. The molecule has 4 rings (SSSR count). The SMILES string of the molecule is Cc1cccc(NC(=O)N2CCCC(C(=O)NCc3ccccc3CN3CCCC(C)C3)C2)c1. The fraction of sp³-hybridized carbons (Fsp3) is 0.500. The monoisotopic (exact) mass is 462 g/mol. The van der Waals surface area contributed by atoms with Gasteiger partial charge in [0, 0.05) is 38.4 Å². The van der Waals surface area contributed by atoms with Crippen molar-refractivity contribution in [3.05, 3.63) is 65.2 Å². The topological polar surface area (TPSA) is 64.7 Å². The van der Waals surface area contributed by atoms with Crippen molar-refractivity contribution in [2.24, 2.45) is 11.8 Å². The minimum atomic E-state index is -0.174. The zero-order valence-electron chi connectivity index (χ0n) is 20.6. The average molecular weight is 463 g/mol. The molecule has 2 saturated heterocycles. The largest absolute Gasteiger partial charge is 0.352 e. The van der Waals surface area contributed by atoms with Crippen molar-refractivity contribution < 1.29 is 9.59 Å². The summed E-state index contributed by atoms with van der Waals surface area (Å²) in [6, 6.07) is 16.1. The van der Waals surface area contributed by atoms with Gasteiger partial charge in [-0.1, -0.05) is 43.3 Å². The van der Waals surface area contributed by atoms with Gasteiger partial charge in [0.25, 0.3) is 0 Å². The van der Waals surface area contributed by atoms with Crippen molar-refractivity contribution in [3.8, 4) is 0 Å².